The minimum atomic E-state index is -0.401. The first-order valence-electron chi connectivity index (χ1n) is 7.38. The molecule has 0 saturated carbocycles. The molecular weight excluding hydrogens is 310 g/mol. The van der Waals surface area contributed by atoms with Crippen molar-refractivity contribution in [3.05, 3.63) is 42.1 Å². The molecule has 1 aromatic heterocycles. The number of benzene rings is 2. The fourth-order valence-corrected chi connectivity index (χ4v) is 2.89. The molecule has 1 aliphatic heterocycles. The molecule has 6 heteroatoms. The summed E-state index contributed by atoms with van der Waals surface area (Å²) in [6, 6.07) is 9.09. The standard InChI is InChI=1S/C18H15NO5/c1-21-15-5-10(18(20)22-2)3-4-11(15)13-8-19-14-7-17-16(6-12(13)14)23-9-24-17/h3-8,19H,9H2,1-2H3. The summed E-state index contributed by atoms with van der Waals surface area (Å²) in [5, 5.41) is 0.989. The van der Waals surface area contributed by atoms with Crippen molar-refractivity contribution >= 4 is 16.9 Å². The van der Waals surface area contributed by atoms with E-state index in [9.17, 15) is 4.79 Å². The summed E-state index contributed by atoms with van der Waals surface area (Å²) in [5.41, 5.74) is 3.20. The number of carbonyl (C=O) groups excluding carboxylic acids is 1. The second kappa shape index (κ2) is 5.49. The predicted molar refractivity (Wildman–Crippen MR) is 87.7 cm³/mol. The molecule has 122 valence electrons. The lowest BCUT2D eigenvalue weighted by Crippen LogP contribution is -2.01. The van der Waals surface area contributed by atoms with E-state index in [4.69, 9.17) is 18.9 Å². The van der Waals surface area contributed by atoms with E-state index in [1.165, 1.54) is 7.11 Å². The highest BCUT2D eigenvalue weighted by Crippen LogP contribution is 2.41. The molecule has 0 unspecified atom stereocenters. The first-order chi connectivity index (χ1) is 11.7. The van der Waals surface area contributed by atoms with Gasteiger partial charge >= 0.3 is 5.97 Å². The summed E-state index contributed by atoms with van der Waals surface area (Å²) in [6.07, 6.45) is 1.90. The number of aromatic amines is 1. The molecular formula is C18H15NO5. The van der Waals surface area contributed by atoms with Gasteiger partial charge in [0.15, 0.2) is 11.5 Å². The molecule has 0 fully saturated rings. The molecule has 2 aromatic carbocycles. The third-order valence-electron chi connectivity index (χ3n) is 4.09. The van der Waals surface area contributed by atoms with E-state index in [0.717, 1.165) is 27.8 Å². The minimum Gasteiger partial charge on any atom is -0.496 e. The highest BCUT2D eigenvalue weighted by Gasteiger charge is 2.19. The van der Waals surface area contributed by atoms with Gasteiger partial charge in [0.2, 0.25) is 6.79 Å². The SMILES string of the molecule is COC(=O)c1ccc(-c2c[nH]c3cc4c(cc23)OCO4)c(OC)c1. The van der Waals surface area contributed by atoms with E-state index >= 15 is 0 Å². The Balaban J connectivity index is 1.87. The molecule has 0 atom stereocenters. The smallest absolute Gasteiger partial charge is 0.337 e. The van der Waals surface area contributed by atoms with Crippen molar-refractivity contribution in [1.29, 1.82) is 0 Å². The van der Waals surface area contributed by atoms with Crippen molar-refractivity contribution in [3.63, 3.8) is 0 Å². The molecule has 3 aromatic rings. The molecule has 2 heterocycles. The summed E-state index contributed by atoms with van der Waals surface area (Å²) in [4.78, 5) is 14.9. The van der Waals surface area contributed by atoms with Crippen LogP contribution in [0.1, 0.15) is 10.4 Å². The number of carbonyl (C=O) groups is 1. The van der Waals surface area contributed by atoms with E-state index in [-0.39, 0.29) is 6.79 Å². The normalized spacial score (nSPS) is 12.4. The fraction of sp³-hybridized carbons (Fsp3) is 0.167. The average molecular weight is 325 g/mol. The number of esters is 1. The average Bonchev–Trinajstić information content (AvgIpc) is 3.24. The Hall–Kier alpha value is -3.15. The zero-order valence-corrected chi connectivity index (χ0v) is 13.2. The number of hydrogen-bond acceptors (Lipinski definition) is 5. The Labute approximate surface area is 137 Å². The number of methoxy groups -OCH3 is 2. The molecule has 6 nitrogen and oxygen atoms in total. The van der Waals surface area contributed by atoms with E-state index in [1.807, 2.05) is 24.4 Å². The Morgan fingerprint density at radius 2 is 1.88 bits per heavy atom. The topological polar surface area (TPSA) is 69.8 Å². The van der Waals surface area contributed by atoms with Crippen molar-refractivity contribution in [2.24, 2.45) is 0 Å². The van der Waals surface area contributed by atoms with Gasteiger partial charge < -0.3 is 23.9 Å². The fourth-order valence-electron chi connectivity index (χ4n) is 2.89. The number of rotatable bonds is 3. The molecule has 1 N–H and O–H groups in total. The maximum absolute atomic E-state index is 11.7. The lowest BCUT2D eigenvalue weighted by molar-refractivity contribution is 0.0600. The summed E-state index contributed by atoms with van der Waals surface area (Å²) < 4.78 is 21.1. The minimum absolute atomic E-state index is 0.231. The summed E-state index contributed by atoms with van der Waals surface area (Å²) in [6.45, 7) is 0.231. The zero-order valence-electron chi connectivity index (χ0n) is 13.2. The van der Waals surface area contributed by atoms with Crippen LogP contribution in [0.25, 0.3) is 22.0 Å². The van der Waals surface area contributed by atoms with Crippen molar-refractivity contribution in [1.82, 2.24) is 4.98 Å². The van der Waals surface area contributed by atoms with Crippen LogP contribution >= 0.6 is 0 Å². The van der Waals surface area contributed by atoms with Crippen molar-refractivity contribution < 1.29 is 23.7 Å². The van der Waals surface area contributed by atoms with Crippen LogP contribution in [0.15, 0.2) is 36.5 Å². The zero-order chi connectivity index (χ0) is 16.7. The third kappa shape index (κ3) is 2.15. The molecule has 0 saturated heterocycles. The Morgan fingerprint density at radius 1 is 1.08 bits per heavy atom. The first-order valence-corrected chi connectivity index (χ1v) is 7.38. The second-order valence-corrected chi connectivity index (χ2v) is 5.36. The second-order valence-electron chi connectivity index (χ2n) is 5.36. The molecule has 0 radical (unpaired) electrons. The van der Waals surface area contributed by atoms with Gasteiger partial charge in [0.05, 0.1) is 19.8 Å². The summed E-state index contributed by atoms with van der Waals surface area (Å²) in [5.74, 6) is 1.64. The largest absolute Gasteiger partial charge is 0.496 e. The van der Waals surface area contributed by atoms with Crippen LogP contribution in [0.2, 0.25) is 0 Å². The van der Waals surface area contributed by atoms with Gasteiger partial charge in [0.1, 0.15) is 5.75 Å². The molecule has 0 bridgehead atoms. The first kappa shape index (κ1) is 14.4. The van der Waals surface area contributed by atoms with Crippen LogP contribution in [-0.2, 0) is 4.74 Å². The lowest BCUT2D eigenvalue weighted by Gasteiger charge is -2.10. The molecule has 1 aliphatic rings. The number of H-pyrrole nitrogens is 1. The van der Waals surface area contributed by atoms with Crippen molar-refractivity contribution in [2.75, 3.05) is 21.0 Å². The van der Waals surface area contributed by atoms with Crippen molar-refractivity contribution in [3.8, 4) is 28.4 Å². The summed E-state index contributed by atoms with van der Waals surface area (Å²) >= 11 is 0. The molecule has 0 aliphatic carbocycles. The van der Waals surface area contributed by atoms with Crippen LogP contribution in [0.5, 0.6) is 17.2 Å². The van der Waals surface area contributed by atoms with Gasteiger partial charge in [-0.2, -0.15) is 0 Å². The summed E-state index contributed by atoms with van der Waals surface area (Å²) in [7, 11) is 2.93. The van der Waals surface area contributed by atoms with Crippen LogP contribution in [0.4, 0.5) is 0 Å². The van der Waals surface area contributed by atoms with Gasteiger partial charge in [0.25, 0.3) is 0 Å². The van der Waals surface area contributed by atoms with Gasteiger partial charge in [-0.3, -0.25) is 0 Å². The quantitative estimate of drug-likeness (QED) is 0.748. The van der Waals surface area contributed by atoms with E-state index in [1.54, 1.807) is 19.2 Å². The Morgan fingerprint density at radius 3 is 2.62 bits per heavy atom. The van der Waals surface area contributed by atoms with Crippen LogP contribution < -0.4 is 14.2 Å². The van der Waals surface area contributed by atoms with E-state index < -0.39 is 5.97 Å². The predicted octanol–water partition coefficient (Wildman–Crippen LogP) is 3.36. The van der Waals surface area contributed by atoms with Gasteiger partial charge in [0, 0.05) is 34.3 Å². The number of fused-ring (bicyclic) bond motifs is 2. The van der Waals surface area contributed by atoms with Gasteiger partial charge in [-0.15, -0.1) is 0 Å². The van der Waals surface area contributed by atoms with Gasteiger partial charge in [-0.05, 0) is 24.3 Å². The Bertz CT molecular complexity index is 944. The number of ether oxygens (including phenoxy) is 4. The maximum Gasteiger partial charge on any atom is 0.337 e. The van der Waals surface area contributed by atoms with Gasteiger partial charge in [-0.1, -0.05) is 0 Å². The van der Waals surface area contributed by atoms with Crippen molar-refractivity contribution in [2.45, 2.75) is 0 Å². The highest BCUT2D eigenvalue weighted by molar-refractivity contribution is 6.00. The molecule has 0 amide bonds. The van der Waals surface area contributed by atoms with E-state index in [2.05, 4.69) is 4.98 Å². The van der Waals surface area contributed by atoms with Gasteiger partial charge in [-0.25, -0.2) is 4.79 Å². The molecule has 24 heavy (non-hydrogen) atoms. The molecule has 0 spiro atoms. The lowest BCUT2D eigenvalue weighted by atomic mass is 10.0. The van der Waals surface area contributed by atoms with Crippen LogP contribution in [0.3, 0.4) is 0 Å². The van der Waals surface area contributed by atoms with E-state index in [0.29, 0.717) is 17.1 Å². The van der Waals surface area contributed by atoms with Crippen LogP contribution in [-0.4, -0.2) is 32.0 Å². The number of nitrogens with one attached hydrogen (secondary N) is 1. The number of hydrogen-bond donors (Lipinski definition) is 1. The highest BCUT2D eigenvalue weighted by atomic mass is 16.7. The van der Waals surface area contributed by atoms with Crippen LogP contribution in [0, 0.1) is 0 Å². The molecule has 4 rings (SSSR count). The maximum atomic E-state index is 11.7. The Kier molecular flexibility index (Phi) is 3.30. The monoisotopic (exact) mass is 325 g/mol. The third-order valence-corrected chi connectivity index (χ3v) is 4.09. The number of aromatic nitrogens is 1.